The number of hydrogen-bond donors (Lipinski definition) is 2. The highest BCUT2D eigenvalue weighted by Gasteiger charge is 2.35. The molecule has 13 heavy (non-hydrogen) atoms. The molecule has 0 radical (unpaired) electrons. The van der Waals surface area contributed by atoms with Gasteiger partial charge in [-0.15, -0.1) is 0 Å². The van der Waals surface area contributed by atoms with Gasteiger partial charge >= 0.3 is 5.97 Å². The third-order valence-corrected chi connectivity index (χ3v) is 2.65. The summed E-state index contributed by atoms with van der Waals surface area (Å²) in [5.74, 6) is -1.11. The van der Waals surface area contributed by atoms with E-state index in [1.165, 1.54) is 0 Å². The molecule has 1 rings (SSSR count). The smallest absolute Gasteiger partial charge is 0.320 e. The fourth-order valence-corrected chi connectivity index (χ4v) is 1.87. The quantitative estimate of drug-likeness (QED) is 0.706. The highest BCUT2D eigenvalue weighted by atomic mass is 19.1. The van der Waals surface area contributed by atoms with E-state index in [0.29, 0.717) is 12.8 Å². The van der Waals surface area contributed by atoms with E-state index in [-0.39, 0.29) is 6.42 Å². The molecule has 1 atom stereocenters. The molecule has 0 bridgehead atoms. The van der Waals surface area contributed by atoms with Crippen LogP contribution >= 0.6 is 0 Å². The van der Waals surface area contributed by atoms with Gasteiger partial charge in [-0.3, -0.25) is 4.79 Å². The molecule has 0 aliphatic heterocycles. The van der Waals surface area contributed by atoms with Gasteiger partial charge in [-0.25, -0.2) is 4.39 Å². The number of nitrogens with two attached hydrogens (primary N) is 1. The lowest BCUT2D eigenvalue weighted by atomic mass is 9.82. The van der Waals surface area contributed by atoms with Crippen LogP contribution in [0.15, 0.2) is 0 Å². The number of alkyl halides is 1. The van der Waals surface area contributed by atoms with E-state index in [1.807, 2.05) is 0 Å². The molecular weight excluding hydrogens is 173 g/mol. The molecule has 3 nitrogen and oxygen atoms in total. The van der Waals surface area contributed by atoms with Gasteiger partial charge in [0.05, 0.1) is 0 Å². The van der Waals surface area contributed by atoms with Gasteiger partial charge < -0.3 is 10.8 Å². The second-order valence-corrected chi connectivity index (χ2v) is 3.86. The molecule has 0 aromatic rings. The lowest BCUT2D eigenvalue weighted by molar-refractivity contribution is -0.139. The number of hydrogen-bond acceptors (Lipinski definition) is 2. The third kappa shape index (κ3) is 2.95. The molecule has 0 amide bonds. The summed E-state index contributed by atoms with van der Waals surface area (Å²) in [5, 5.41) is 8.54. The predicted octanol–water partition coefficient (Wildman–Crippen LogP) is 1.46. The first kappa shape index (κ1) is 10.4. The molecule has 0 spiro atoms. The average Bonchev–Trinajstić information content (AvgIpc) is 2.04. The molecular formula is C9H16FNO2. The average molecular weight is 189 g/mol. The Morgan fingerprint density at radius 2 is 2.00 bits per heavy atom. The van der Waals surface area contributed by atoms with Crippen molar-refractivity contribution in [2.75, 3.05) is 0 Å². The normalized spacial score (nSPS) is 23.8. The van der Waals surface area contributed by atoms with Crippen LogP contribution in [-0.2, 0) is 4.79 Å². The highest BCUT2D eigenvalue weighted by Crippen LogP contribution is 2.35. The van der Waals surface area contributed by atoms with Gasteiger partial charge in [0, 0.05) is 6.42 Å². The van der Waals surface area contributed by atoms with Crippen molar-refractivity contribution >= 4 is 5.97 Å². The summed E-state index contributed by atoms with van der Waals surface area (Å²) in [7, 11) is 0. The van der Waals surface area contributed by atoms with Gasteiger partial charge in [-0.05, 0) is 12.8 Å². The molecule has 76 valence electrons. The monoisotopic (exact) mass is 189 g/mol. The lowest BCUT2D eigenvalue weighted by Gasteiger charge is -2.30. The summed E-state index contributed by atoms with van der Waals surface area (Å²) >= 11 is 0. The fraction of sp³-hybridized carbons (Fsp3) is 0.889. The summed E-state index contributed by atoms with van der Waals surface area (Å²) in [6, 6.07) is -1.05. The molecule has 1 aliphatic carbocycles. The summed E-state index contributed by atoms with van der Waals surface area (Å²) < 4.78 is 13.8. The maximum absolute atomic E-state index is 13.8. The van der Waals surface area contributed by atoms with E-state index in [4.69, 9.17) is 10.8 Å². The topological polar surface area (TPSA) is 63.3 Å². The first-order chi connectivity index (χ1) is 6.03. The standard InChI is InChI=1S/C9H16FNO2/c10-9(4-2-1-3-5-9)6-7(11)8(12)13/h7H,1-6,11H2,(H,12,13). The van der Waals surface area contributed by atoms with Crippen molar-refractivity contribution in [1.29, 1.82) is 0 Å². The molecule has 0 aromatic heterocycles. The maximum Gasteiger partial charge on any atom is 0.320 e. The number of rotatable bonds is 3. The van der Waals surface area contributed by atoms with Crippen LogP contribution in [0.3, 0.4) is 0 Å². The van der Waals surface area contributed by atoms with Crippen LogP contribution in [0.25, 0.3) is 0 Å². The first-order valence-corrected chi connectivity index (χ1v) is 4.71. The van der Waals surface area contributed by atoms with Gasteiger partial charge in [-0.1, -0.05) is 19.3 Å². The van der Waals surface area contributed by atoms with Crippen LogP contribution in [0.1, 0.15) is 38.5 Å². The molecule has 1 saturated carbocycles. The maximum atomic E-state index is 13.8. The van der Waals surface area contributed by atoms with Crippen LogP contribution in [0.2, 0.25) is 0 Å². The Morgan fingerprint density at radius 3 is 2.46 bits per heavy atom. The van der Waals surface area contributed by atoms with Crippen molar-refractivity contribution in [1.82, 2.24) is 0 Å². The van der Waals surface area contributed by atoms with Crippen LogP contribution < -0.4 is 5.73 Å². The number of carbonyl (C=O) groups is 1. The molecule has 0 aromatic carbocycles. The minimum absolute atomic E-state index is 0.0394. The molecule has 0 saturated heterocycles. The van der Waals surface area contributed by atoms with E-state index >= 15 is 0 Å². The van der Waals surface area contributed by atoms with Crippen molar-refractivity contribution in [2.45, 2.75) is 50.2 Å². The van der Waals surface area contributed by atoms with Gasteiger partial charge in [0.2, 0.25) is 0 Å². The molecule has 4 heteroatoms. The molecule has 3 N–H and O–H groups in total. The largest absolute Gasteiger partial charge is 0.480 e. The zero-order valence-corrected chi connectivity index (χ0v) is 7.63. The molecule has 0 heterocycles. The minimum atomic E-state index is -1.32. The van der Waals surface area contributed by atoms with Crippen LogP contribution in [-0.4, -0.2) is 22.8 Å². The van der Waals surface area contributed by atoms with E-state index in [1.54, 1.807) is 0 Å². The van der Waals surface area contributed by atoms with Crippen molar-refractivity contribution < 1.29 is 14.3 Å². The first-order valence-electron chi connectivity index (χ1n) is 4.71. The zero-order chi connectivity index (χ0) is 9.90. The van der Waals surface area contributed by atoms with Gasteiger partial charge in [0.1, 0.15) is 11.7 Å². The number of carboxylic acids is 1. The van der Waals surface area contributed by atoms with E-state index in [9.17, 15) is 9.18 Å². The summed E-state index contributed by atoms with van der Waals surface area (Å²) in [5.41, 5.74) is 3.97. The minimum Gasteiger partial charge on any atom is -0.480 e. The number of halogens is 1. The second kappa shape index (κ2) is 4.05. The van der Waals surface area contributed by atoms with Gasteiger partial charge in [0.15, 0.2) is 0 Å². The van der Waals surface area contributed by atoms with Gasteiger partial charge in [-0.2, -0.15) is 0 Å². The van der Waals surface area contributed by atoms with E-state index < -0.39 is 17.7 Å². The van der Waals surface area contributed by atoms with Crippen LogP contribution in [0, 0.1) is 0 Å². The summed E-state index contributed by atoms with van der Waals surface area (Å²) in [6.07, 6.45) is 3.64. The van der Waals surface area contributed by atoms with Crippen LogP contribution in [0.4, 0.5) is 4.39 Å². The lowest BCUT2D eigenvalue weighted by Crippen LogP contribution is -2.39. The SMILES string of the molecule is NC(CC1(F)CCCCC1)C(=O)O. The van der Waals surface area contributed by atoms with Gasteiger partial charge in [0.25, 0.3) is 0 Å². The Labute approximate surface area is 77.1 Å². The third-order valence-electron chi connectivity index (χ3n) is 2.65. The molecule has 1 aliphatic rings. The Bertz CT molecular complexity index is 190. The van der Waals surface area contributed by atoms with E-state index in [0.717, 1.165) is 19.3 Å². The van der Waals surface area contributed by atoms with Crippen molar-refractivity contribution in [3.8, 4) is 0 Å². The highest BCUT2D eigenvalue weighted by molar-refractivity contribution is 5.73. The Kier molecular flexibility index (Phi) is 3.25. The Hall–Kier alpha value is -0.640. The molecule has 1 fully saturated rings. The summed E-state index contributed by atoms with van der Waals surface area (Å²) in [6.45, 7) is 0. The summed E-state index contributed by atoms with van der Waals surface area (Å²) in [4.78, 5) is 10.4. The Balaban J connectivity index is 2.45. The van der Waals surface area contributed by atoms with Crippen molar-refractivity contribution in [3.63, 3.8) is 0 Å². The number of carboxylic acid groups (broad SMARTS) is 1. The van der Waals surface area contributed by atoms with Crippen molar-refractivity contribution in [3.05, 3.63) is 0 Å². The second-order valence-electron chi connectivity index (χ2n) is 3.86. The predicted molar refractivity (Wildman–Crippen MR) is 47.2 cm³/mol. The van der Waals surface area contributed by atoms with E-state index in [2.05, 4.69) is 0 Å². The fourth-order valence-electron chi connectivity index (χ4n) is 1.87. The zero-order valence-electron chi connectivity index (χ0n) is 7.63. The molecule has 1 unspecified atom stereocenters. The Morgan fingerprint density at radius 1 is 1.46 bits per heavy atom. The number of aliphatic carboxylic acids is 1. The van der Waals surface area contributed by atoms with Crippen molar-refractivity contribution in [2.24, 2.45) is 5.73 Å². The van der Waals surface area contributed by atoms with Crippen LogP contribution in [0.5, 0.6) is 0 Å².